The molecule has 0 saturated heterocycles. The molecule has 4 aromatic carbocycles. The normalized spacial score (nSPS) is 11.8. The molecule has 0 aliphatic rings. The quantitative estimate of drug-likeness (QED) is 0.103. The monoisotopic (exact) mass is 646 g/mol. The molecule has 2 amide bonds. The van der Waals surface area contributed by atoms with E-state index in [1.165, 1.54) is 59.5 Å². The summed E-state index contributed by atoms with van der Waals surface area (Å²) in [7, 11) is -4.38. The number of unbranched alkanes of at least 4 members (excludes halogenated alkanes) is 1. The van der Waals surface area contributed by atoms with Gasteiger partial charge in [-0.05, 0) is 42.3 Å². The lowest BCUT2D eigenvalue weighted by atomic mass is 10.0. The summed E-state index contributed by atoms with van der Waals surface area (Å²) in [5, 5.41) is 14.2. The number of rotatable bonds is 15. The molecule has 10 nitrogen and oxygen atoms in total. The van der Waals surface area contributed by atoms with Gasteiger partial charge in [0.2, 0.25) is 11.8 Å². The number of nitro groups is 1. The van der Waals surface area contributed by atoms with Gasteiger partial charge in [-0.3, -0.25) is 24.0 Å². The van der Waals surface area contributed by atoms with Crippen LogP contribution in [0.1, 0.15) is 30.9 Å². The molecule has 0 saturated carbocycles. The average Bonchev–Trinajstić information content (AvgIpc) is 3.06. The largest absolute Gasteiger partial charge is 0.354 e. The number of halogens is 1. The zero-order valence-electron chi connectivity index (χ0n) is 25.3. The van der Waals surface area contributed by atoms with Crippen molar-refractivity contribution in [3.63, 3.8) is 0 Å². The molecular weight excluding hydrogens is 611 g/mol. The van der Waals surface area contributed by atoms with Crippen LogP contribution in [-0.4, -0.2) is 49.2 Å². The summed E-state index contributed by atoms with van der Waals surface area (Å²) in [4.78, 5) is 39.9. The van der Waals surface area contributed by atoms with Gasteiger partial charge in [-0.15, -0.1) is 0 Å². The Morgan fingerprint density at radius 2 is 1.50 bits per heavy atom. The van der Waals surface area contributed by atoms with Crippen LogP contribution in [0.25, 0.3) is 0 Å². The second-order valence-electron chi connectivity index (χ2n) is 10.6. The molecule has 0 fully saturated rings. The van der Waals surface area contributed by atoms with Gasteiger partial charge in [-0.2, -0.15) is 0 Å². The molecule has 4 aromatic rings. The highest BCUT2D eigenvalue weighted by Gasteiger charge is 2.35. The number of nitrogens with one attached hydrogen (secondary N) is 1. The van der Waals surface area contributed by atoms with Gasteiger partial charge in [0.25, 0.3) is 15.7 Å². The van der Waals surface area contributed by atoms with Gasteiger partial charge in [-0.25, -0.2) is 12.8 Å². The Balaban J connectivity index is 1.80. The first kappa shape index (κ1) is 33.8. The summed E-state index contributed by atoms with van der Waals surface area (Å²) in [6.07, 6.45) is 1.61. The minimum absolute atomic E-state index is 0.000603. The number of non-ortho nitro benzene ring substituents is 1. The molecule has 12 heteroatoms. The number of sulfonamides is 1. The van der Waals surface area contributed by atoms with Crippen LogP contribution in [0, 0.1) is 15.9 Å². The van der Waals surface area contributed by atoms with Crippen LogP contribution in [0.4, 0.5) is 15.8 Å². The first-order valence-electron chi connectivity index (χ1n) is 14.8. The molecule has 1 N–H and O–H groups in total. The van der Waals surface area contributed by atoms with Crippen molar-refractivity contribution < 1.29 is 27.3 Å². The van der Waals surface area contributed by atoms with Gasteiger partial charge in [0.1, 0.15) is 18.4 Å². The van der Waals surface area contributed by atoms with Gasteiger partial charge in [0, 0.05) is 37.2 Å². The Hall–Kier alpha value is -5.10. The molecule has 0 radical (unpaired) electrons. The van der Waals surface area contributed by atoms with E-state index in [1.54, 1.807) is 36.4 Å². The van der Waals surface area contributed by atoms with Crippen molar-refractivity contribution in [2.45, 2.75) is 43.7 Å². The van der Waals surface area contributed by atoms with E-state index in [4.69, 9.17) is 0 Å². The highest BCUT2D eigenvalue weighted by atomic mass is 32.2. The number of carbonyl (C=O) groups excluding carboxylic acids is 2. The third-order valence-electron chi connectivity index (χ3n) is 7.36. The molecule has 46 heavy (non-hydrogen) atoms. The number of benzene rings is 4. The topological polar surface area (TPSA) is 130 Å². The van der Waals surface area contributed by atoms with Crippen molar-refractivity contribution in [1.82, 2.24) is 10.2 Å². The van der Waals surface area contributed by atoms with Crippen LogP contribution in [-0.2, 0) is 32.6 Å². The van der Waals surface area contributed by atoms with E-state index in [2.05, 4.69) is 5.32 Å². The Kier molecular flexibility index (Phi) is 11.6. The fourth-order valence-corrected chi connectivity index (χ4v) is 6.29. The van der Waals surface area contributed by atoms with Gasteiger partial charge in [-0.1, -0.05) is 80.1 Å². The van der Waals surface area contributed by atoms with Crippen molar-refractivity contribution in [3.05, 3.63) is 136 Å². The SMILES string of the molecule is CCCCNC(=O)[C@@H](Cc1ccccc1)N(Cc1ccccc1F)C(=O)CN(c1ccc([N+](=O)[O-])cc1)S(=O)(=O)c1ccccc1. The molecule has 1 atom stereocenters. The first-order chi connectivity index (χ1) is 22.1. The van der Waals surface area contributed by atoms with Gasteiger partial charge in [0.05, 0.1) is 15.5 Å². The van der Waals surface area contributed by atoms with Crippen LogP contribution < -0.4 is 9.62 Å². The Bertz CT molecular complexity index is 1740. The molecule has 0 aliphatic carbocycles. The zero-order valence-corrected chi connectivity index (χ0v) is 26.1. The van der Waals surface area contributed by atoms with Crippen molar-refractivity contribution in [1.29, 1.82) is 0 Å². The molecule has 0 bridgehead atoms. The molecule has 0 spiro atoms. The number of anilines is 1. The smallest absolute Gasteiger partial charge is 0.269 e. The van der Waals surface area contributed by atoms with E-state index in [1.807, 2.05) is 13.0 Å². The van der Waals surface area contributed by atoms with Crippen molar-refractivity contribution >= 4 is 33.2 Å². The maximum atomic E-state index is 15.0. The number of hydrogen-bond donors (Lipinski definition) is 1. The Morgan fingerprint density at radius 3 is 2.11 bits per heavy atom. The van der Waals surface area contributed by atoms with Crippen molar-refractivity contribution in [3.8, 4) is 0 Å². The fraction of sp³-hybridized carbons (Fsp3) is 0.235. The van der Waals surface area contributed by atoms with Gasteiger partial charge < -0.3 is 10.2 Å². The molecule has 0 heterocycles. The van der Waals surface area contributed by atoms with Gasteiger partial charge in [0.15, 0.2) is 0 Å². The lowest BCUT2D eigenvalue weighted by Crippen LogP contribution is -2.53. The molecule has 0 unspecified atom stereocenters. The second kappa shape index (κ2) is 15.8. The Morgan fingerprint density at radius 1 is 0.891 bits per heavy atom. The fourth-order valence-electron chi connectivity index (χ4n) is 4.86. The number of nitrogens with zero attached hydrogens (tertiary/aromatic N) is 3. The minimum Gasteiger partial charge on any atom is -0.354 e. The predicted octanol–water partition coefficient (Wildman–Crippen LogP) is 5.49. The number of carbonyl (C=O) groups is 2. The van der Waals surface area contributed by atoms with E-state index in [-0.39, 0.29) is 34.8 Å². The average molecular weight is 647 g/mol. The minimum atomic E-state index is -4.38. The molecule has 0 aromatic heterocycles. The molecule has 240 valence electrons. The van der Waals surface area contributed by atoms with E-state index < -0.39 is 45.2 Å². The highest BCUT2D eigenvalue weighted by molar-refractivity contribution is 7.92. The summed E-state index contributed by atoms with van der Waals surface area (Å²) >= 11 is 0. The lowest BCUT2D eigenvalue weighted by Gasteiger charge is -2.34. The van der Waals surface area contributed by atoms with Crippen LogP contribution in [0.2, 0.25) is 0 Å². The van der Waals surface area contributed by atoms with E-state index in [9.17, 15) is 32.5 Å². The first-order valence-corrected chi connectivity index (χ1v) is 16.2. The van der Waals surface area contributed by atoms with E-state index >= 15 is 0 Å². The lowest BCUT2D eigenvalue weighted by molar-refractivity contribution is -0.384. The third-order valence-corrected chi connectivity index (χ3v) is 9.15. The van der Waals surface area contributed by atoms with Gasteiger partial charge >= 0.3 is 0 Å². The number of nitro benzene ring substituents is 1. The third kappa shape index (κ3) is 8.54. The zero-order chi connectivity index (χ0) is 33.1. The Labute approximate surface area is 267 Å². The van der Waals surface area contributed by atoms with Crippen LogP contribution in [0.3, 0.4) is 0 Å². The highest BCUT2D eigenvalue weighted by Crippen LogP contribution is 2.27. The molecular formula is C34H35FN4O6S. The predicted molar refractivity (Wildman–Crippen MR) is 173 cm³/mol. The van der Waals surface area contributed by atoms with Crippen LogP contribution >= 0.6 is 0 Å². The summed E-state index contributed by atoms with van der Waals surface area (Å²) in [5.41, 5.74) is 0.623. The van der Waals surface area contributed by atoms with Crippen LogP contribution in [0.5, 0.6) is 0 Å². The van der Waals surface area contributed by atoms with Crippen LogP contribution in [0.15, 0.2) is 114 Å². The number of hydrogen-bond acceptors (Lipinski definition) is 6. The maximum absolute atomic E-state index is 15.0. The summed E-state index contributed by atoms with van der Waals surface area (Å²) in [5.74, 6) is -1.82. The van der Waals surface area contributed by atoms with Crippen molar-refractivity contribution in [2.75, 3.05) is 17.4 Å². The van der Waals surface area contributed by atoms with Crippen molar-refractivity contribution in [2.24, 2.45) is 0 Å². The molecule has 0 aliphatic heterocycles. The second-order valence-corrected chi connectivity index (χ2v) is 12.4. The summed E-state index contributed by atoms with van der Waals surface area (Å²) in [6.45, 7) is 1.25. The number of amides is 2. The van der Waals surface area contributed by atoms with E-state index in [0.29, 0.717) is 13.0 Å². The summed E-state index contributed by atoms with van der Waals surface area (Å²) < 4.78 is 43.8. The standard InChI is InChI=1S/C34H35FN4O6S/c1-2-3-22-36-34(41)32(23-26-12-6-4-7-13-26)37(24-27-14-10-11-17-31(27)35)33(40)25-38(28-18-20-29(21-19-28)39(42)43)46(44,45)30-15-8-5-9-16-30/h4-21,32H,2-3,22-25H2,1H3,(H,36,41)/t32-/m1/s1. The van der Waals surface area contributed by atoms with E-state index in [0.717, 1.165) is 28.4 Å². The molecule has 4 rings (SSSR count). The summed E-state index contributed by atoms with van der Waals surface area (Å²) in [6, 6.07) is 26.0. The maximum Gasteiger partial charge on any atom is 0.269 e.